The second-order valence-electron chi connectivity index (χ2n) is 5.31. The predicted octanol–water partition coefficient (Wildman–Crippen LogP) is 2.74. The Morgan fingerprint density at radius 3 is 1.73 bits per heavy atom. The maximum absolute atomic E-state index is 13.0. The van der Waals surface area contributed by atoms with Gasteiger partial charge in [0.05, 0.1) is 17.0 Å². The molecule has 0 atom stereocenters. The zero-order chi connectivity index (χ0) is 16.9. The quantitative estimate of drug-likeness (QED) is 0.807. The number of aryl methyl sites for hydroxylation is 2. The fraction of sp³-hybridized carbons (Fsp3) is 0.500. The van der Waals surface area contributed by atoms with Crippen LogP contribution >= 0.6 is 0 Å². The second-order valence-corrected chi connectivity index (χ2v) is 7.18. The van der Waals surface area contributed by atoms with Crippen LogP contribution in [0.3, 0.4) is 0 Å². The van der Waals surface area contributed by atoms with Crippen molar-refractivity contribution in [1.29, 1.82) is 10.5 Å². The Balaban J connectivity index is 3.43. The molecule has 118 valence electrons. The van der Waals surface area contributed by atoms with Crippen molar-refractivity contribution in [2.45, 2.75) is 45.4 Å². The van der Waals surface area contributed by atoms with Crippen LogP contribution in [-0.2, 0) is 10.0 Å². The van der Waals surface area contributed by atoms with Crippen LogP contribution in [-0.4, -0.2) is 25.8 Å². The molecule has 6 heteroatoms. The van der Waals surface area contributed by atoms with Gasteiger partial charge in [-0.05, 0) is 49.9 Å². The van der Waals surface area contributed by atoms with Gasteiger partial charge in [-0.2, -0.15) is 14.8 Å². The van der Waals surface area contributed by atoms with Crippen molar-refractivity contribution in [2.75, 3.05) is 13.1 Å². The summed E-state index contributed by atoms with van der Waals surface area (Å²) in [5.74, 6) is 0. The van der Waals surface area contributed by atoms with Gasteiger partial charge >= 0.3 is 0 Å². The molecule has 22 heavy (non-hydrogen) atoms. The van der Waals surface area contributed by atoms with E-state index in [4.69, 9.17) is 10.5 Å². The van der Waals surface area contributed by atoms with Crippen LogP contribution in [0.2, 0.25) is 0 Å². The molecule has 0 unspecified atom stereocenters. The summed E-state index contributed by atoms with van der Waals surface area (Å²) in [6, 6.07) is 5.89. The van der Waals surface area contributed by atoms with Gasteiger partial charge in [-0.15, -0.1) is 0 Å². The number of rotatable bonds is 6. The summed E-state index contributed by atoms with van der Waals surface area (Å²) in [5.41, 5.74) is 3.29. The number of benzene rings is 1. The van der Waals surface area contributed by atoms with Crippen LogP contribution < -0.4 is 0 Å². The largest absolute Gasteiger partial charge is 0.243 e. The SMILES string of the molecule is Cc1cc(C)c(C)c(S(=O)(=O)N(CCC#N)CCC#N)c1C. The Morgan fingerprint density at radius 2 is 1.36 bits per heavy atom. The lowest BCUT2D eigenvalue weighted by Gasteiger charge is -2.24. The molecule has 0 amide bonds. The first-order valence-electron chi connectivity index (χ1n) is 7.08. The molecule has 0 aliphatic rings. The van der Waals surface area contributed by atoms with Gasteiger partial charge in [0.15, 0.2) is 0 Å². The fourth-order valence-corrected chi connectivity index (χ4v) is 4.42. The molecule has 0 aromatic heterocycles. The normalized spacial score (nSPS) is 11.2. The molecule has 0 saturated carbocycles. The van der Waals surface area contributed by atoms with Crippen molar-refractivity contribution in [3.63, 3.8) is 0 Å². The van der Waals surface area contributed by atoms with Crippen molar-refractivity contribution in [3.8, 4) is 12.1 Å². The van der Waals surface area contributed by atoms with Gasteiger partial charge in [0.2, 0.25) is 10.0 Å². The summed E-state index contributed by atoms with van der Waals surface area (Å²) in [5, 5.41) is 17.5. The van der Waals surface area contributed by atoms with Gasteiger partial charge in [-0.3, -0.25) is 0 Å². The van der Waals surface area contributed by atoms with E-state index in [1.54, 1.807) is 13.8 Å². The number of nitrogens with zero attached hydrogens (tertiary/aromatic N) is 3. The molecule has 1 rings (SSSR count). The summed E-state index contributed by atoms with van der Waals surface area (Å²) in [7, 11) is -3.72. The first-order valence-corrected chi connectivity index (χ1v) is 8.52. The fourth-order valence-electron chi connectivity index (χ4n) is 2.40. The monoisotopic (exact) mass is 319 g/mol. The third kappa shape index (κ3) is 3.65. The highest BCUT2D eigenvalue weighted by molar-refractivity contribution is 7.89. The average Bonchev–Trinajstić information content (AvgIpc) is 2.45. The smallest absolute Gasteiger partial charge is 0.207 e. The molecule has 0 spiro atoms. The molecule has 0 radical (unpaired) electrons. The van der Waals surface area contributed by atoms with Gasteiger partial charge in [0.1, 0.15) is 0 Å². The van der Waals surface area contributed by atoms with E-state index in [2.05, 4.69) is 0 Å². The van der Waals surface area contributed by atoms with Gasteiger partial charge < -0.3 is 0 Å². The van der Waals surface area contributed by atoms with Crippen molar-refractivity contribution < 1.29 is 8.42 Å². The van der Waals surface area contributed by atoms with E-state index in [1.165, 1.54) is 4.31 Å². The lowest BCUT2D eigenvalue weighted by Crippen LogP contribution is -2.34. The summed E-state index contributed by atoms with van der Waals surface area (Å²) in [4.78, 5) is 0.306. The van der Waals surface area contributed by atoms with Crippen molar-refractivity contribution in [2.24, 2.45) is 0 Å². The van der Waals surface area contributed by atoms with Gasteiger partial charge in [-0.1, -0.05) is 6.07 Å². The minimum Gasteiger partial charge on any atom is -0.207 e. The van der Waals surface area contributed by atoms with Crippen LogP contribution in [0.1, 0.15) is 35.1 Å². The zero-order valence-corrected chi connectivity index (χ0v) is 14.3. The van der Waals surface area contributed by atoms with Crippen LogP contribution in [0.15, 0.2) is 11.0 Å². The van der Waals surface area contributed by atoms with Gasteiger partial charge in [-0.25, -0.2) is 8.42 Å². The Hall–Kier alpha value is -1.89. The van der Waals surface area contributed by atoms with Gasteiger partial charge in [0, 0.05) is 25.9 Å². The molecule has 0 saturated heterocycles. The molecular weight excluding hydrogens is 298 g/mol. The van der Waals surface area contributed by atoms with E-state index in [1.807, 2.05) is 32.1 Å². The Morgan fingerprint density at radius 1 is 0.955 bits per heavy atom. The standard InChI is InChI=1S/C16H21N3O2S/c1-12-11-13(2)15(4)16(14(12)3)22(20,21)19(9-5-7-17)10-6-8-18/h11H,5-6,9-10H2,1-4H3. The van der Waals surface area contributed by atoms with Gasteiger partial charge in [0.25, 0.3) is 0 Å². The molecule has 0 bridgehead atoms. The van der Waals surface area contributed by atoms with E-state index < -0.39 is 10.0 Å². The van der Waals surface area contributed by atoms with Crippen molar-refractivity contribution >= 4 is 10.0 Å². The summed E-state index contributed by atoms with van der Waals surface area (Å²) in [6.45, 7) is 7.56. The molecular formula is C16H21N3O2S. The summed E-state index contributed by atoms with van der Waals surface area (Å²) >= 11 is 0. The summed E-state index contributed by atoms with van der Waals surface area (Å²) < 4.78 is 27.2. The first-order chi connectivity index (χ1) is 10.3. The number of sulfonamides is 1. The van der Waals surface area contributed by atoms with Crippen molar-refractivity contribution in [3.05, 3.63) is 28.3 Å². The van der Waals surface area contributed by atoms with E-state index in [-0.39, 0.29) is 25.9 Å². The van der Waals surface area contributed by atoms with E-state index >= 15 is 0 Å². The Bertz CT molecular complexity index is 696. The van der Waals surface area contributed by atoms with Crippen molar-refractivity contribution in [1.82, 2.24) is 4.31 Å². The lowest BCUT2D eigenvalue weighted by atomic mass is 10.0. The van der Waals surface area contributed by atoms with E-state index in [9.17, 15) is 8.42 Å². The third-order valence-corrected chi connectivity index (χ3v) is 6.01. The summed E-state index contributed by atoms with van der Waals surface area (Å²) in [6.07, 6.45) is 0.209. The molecule has 0 N–H and O–H groups in total. The molecule has 0 fully saturated rings. The molecule has 5 nitrogen and oxygen atoms in total. The molecule has 0 aliphatic heterocycles. The first kappa shape index (κ1) is 18.2. The lowest BCUT2D eigenvalue weighted by molar-refractivity contribution is 0.424. The van der Waals surface area contributed by atoms with Crippen LogP contribution in [0.25, 0.3) is 0 Å². The highest BCUT2D eigenvalue weighted by atomic mass is 32.2. The minimum atomic E-state index is -3.72. The molecule has 1 aromatic carbocycles. The van der Waals surface area contributed by atoms with Crippen LogP contribution in [0.5, 0.6) is 0 Å². The maximum atomic E-state index is 13.0. The number of hydrogen-bond acceptors (Lipinski definition) is 4. The van der Waals surface area contributed by atoms with E-state index in [0.717, 1.165) is 22.3 Å². The second kappa shape index (κ2) is 7.40. The highest BCUT2D eigenvalue weighted by Crippen LogP contribution is 2.28. The average molecular weight is 319 g/mol. The predicted molar refractivity (Wildman–Crippen MR) is 84.6 cm³/mol. The third-order valence-electron chi connectivity index (χ3n) is 3.84. The topological polar surface area (TPSA) is 85.0 Å². The molecule has 0 heterocycles. The van der Waals surface area contributed by atoms with Crippen LogP contribution in [0.4, 0.5) is 0 Å². The molecule has 0 aliphatic carbocycles. The Labute approximate surface area is 132 Å². The molecule has 1 aromatic rings. The Kier molecular flexibility index (Phi) is 6.11. The number of hydrogen-bond donors (Lipinski definition) is 0. The highest BCUT2D eigenvalue weighted by Gasteiger charge is 2.28. The minimum absolute atomic E-state index is 0.104. The zero-order valence-electron chi connectivity index (χ0n) is 13.5. The van der Waals surface area contributed by atoms with E-state index in [0.29, 0.717) is 4.90 Å². The maximum Gasteiger partial charge on any atom is 0.243 e. The number of nitriles is 2. The van der Waals surface area contributed by atoms with Crippen LogP contribution in [0, 0.1) is 50.4 Å².